The van der Waals surface area contributed by atoms with Crippen LogP contribution in [-0.4, -0.2) is 96.3 Å². The summed E-state index contributed by atoms with van der Waals surface area (Å²) in [4.78, 5) is 63.3. The summed E-state index contributed by atoms with van der Waals surface area (Å²) < 4.78 is 12.3. The second kappa shape index (κ2) is 13.6. The maximum absolute atomic E-state index is 13.3. The van der Waals surface area contributed by atoms with Crippen LogP contribution < -0.4 is 15.6 Å². The lowest BCUT2D eigenvalue weighted by molar-refractivity contribution is -0.727. The van der Waals surface area contributed by atoms with Gasteiger partial charge in [-0.2, -0.15) is 4.57 Å². The zero-order chi connectivity index (χ0) is 29.0. The number of thioether (sulfide) groups is 1. The summed E-state index contributed by atoms with van der Waals surface area (Å²) in [5.41, 5.74) is 6.82. The van der Waals surface area contributed by atoms with Gasteiger partial charge in [-0.1, -0.05) is 12.6 Å². The molecule has 1 fully saturated rings. The number of hydrogen-bond acceptors (Lipinski definition) is 12. The first-order valence-electron chi connectivity index (χ1n) is 11.8. The quantitative estimate of drug-likeness (QED) is 0.125. The zero-order valence-electron chi connectivity index (χ0n) is 22.2. The van der Waals surface area contributed by atoms with Crippen molar-refractivity contribution < 1.29 is 38.1 Å². The van der Waals surface area contributed by atoms with Crippen LogP contribution in [0.2, 0.25) is 0 Å². The molecule has 16 heteroatoms. The number of pyridine rings is 1. The maximum Gasteiger partial charge on any atom is 0.359 e. The smallest absolute Gasteiger partial charge is 0.359 e. The van der Waals surface area contributed by atoms with E-state index in [9.17, 15) is 19.2 Å². The van der Waals surface area contributed by atoms with Gasteiger partial charge >= 0.3 is 5.97 Å². The summed E-state index contributed by atoms with van der Waals surface area (Å²) in [7, 11) is 6.05. The highest BCUT2D eigenvalue weighted by atomic mass is 32.2. The number of anilines is 1. The molecule has 2 aromatic rings. The molecule has 4 rings (SSSR count). The number of oxime groups is 1. The summed E-state index contributed by atoms with van der Waals surface area (Å²) in [5.74, 6) is -1.72. The lowest BCUT2D eigenvalue weighted by atomic mass is 10.0. The number of amides is 3. The van der Waals surface area contributed by atoms with Crippen molar-refractivity contribution in [3.05, 3.63) is 52.4 Å². The highest BCUT2D eigenvalue weighted by Gasteiger charge is 2.54. The molecule has 41 heavy (non-hydrogen) atoms. The predicted molar refractivity (Wildman–Crippen MR) is 151 cm³/mol. The molecular formula is C25H32N7O7S2+. The minimum atomic E-state index is -0.925. The van der Waals surface area contributed by atoms with Crippen molar-refractivity contribution in [3.63, 3.8) is 0 Å². The maximum atomic E-state index is 13.3. The van der Waals surface area contributed by atoms with Crippen LogP contribution in [0.4, 0.5) is 5.13 Å². The second-order valence-electron chi connectivity index (χ2n) is 8.81. The summed E-state index contributed by atoms with van der Waals surface area (Å²) in [6.45, 7) is -0.0778. The largest absolute Gasteiger partial charge is 0.400 e. The molecule has 0 saturated carbocycles. The number of thiazole rings is 1. The summed E-state index contributed by atoms with van der Waals surface area (Å²) >= 11 is 2.51. The molecule has 14 nitrogen and oxygen atoms in total. The third-order valence-electron chi connectivity index (χ3n) is 5.86. The normalized spacial score (nSPS) is 18.1. The topological polar surface area (TPSA) is 170 Å². The number of hydrogen-bond donors (Lipinski definition) is 2. The van der Waals surface area contributed by atoms with E-state index in [4.69, 9.17) is 20.0 Å². The highest BCUT2D eigenvalue weighted by Crippen LogP contribution is 2.40. The molecule has 2 aliphatic rings. The Morgan fingerprint density at radius 3 is 2.71 bits per heavy atom. The van der Waals surface area contributed by atoms with Crippen LogP contribution in [0.3, 0.4) is 0 Å². The van der Waals surface area contributed by atoms with Crippen LogP contribution in [0.5, 0.6) is 0 Å². The molecule has 3 amide bonds. The predicted octanol–water partition coefficient (Wildman–Crippen LogP) is 0.203. The van der Waals surface area contributed by atoms with Crippen molar-refractivity contribution in [1.29, 1.82) is 0 Å². The molecule has 0 bridgehead atoms. The Labute approximate surface area is 245 Å². The first kappa shape index (κ1) is 31.5. The van der Waals surface area contributed by atoms with Crippen molar-refractivity contribution in [1.82, 2.24) is 20.1 Å². The summed E-state index contributed by atoms with van der Waals surface area (Å²) in [6, 6.07) is 2.40. The number of esters is 1. The molecule has 3 N–H and O–H groups in total. The molecular weight excluding hydrogens is 574 g/mol. The molecule has 0 aromatic carbocycles. The Morgan fingerprint density at radius 1 is 1.32 bits per heavy atom. The number of β-lactam (4-membered cyclic amide) rings is 1. The van der Waals surface area contributed by atoms with E-state index in [1.54, 1.807) is 48.6 Å². The lowest BCUT2D eigenvalue weighted by Crippen LogP contribution is -2.71. The van der Waals surface area contributed by atoms with Gasteiger partial charge in [0.2, 0.25) is 0 Å². The van der Waals surface area contributed by atoms with E-state index in [0.717, 1.165) is 11.3 Å². The number of rotatable bonds is 10. The van der Waals surface area contributed by atoms with E-state index in [1.165, 1.54) is 35.8 Å². The van der Waals surface area contributed by atoms with Crippen molar-refractivity contribution in [3.8, 4) is 0 Å². The third-order valence-corrected chi connectivity index (χ3v) is 7.88. The van der Waals surface area contributed by atoms with Crippen LogP contribution in [0, 0.1) is 0 Å². The number of fused-ring (bicyclic) bond motifs is 1. The van der Waals surface area contributed by atoms with Gasteiger partial charge < -0.3 is 30.3 Å². The van der Waals surface area contributed by atoms with Gasteiger partial charge in [-0.05, 0) is 11.6 Å². The third kappa shape index (κ3) is 6.66. The van der Waals surface area contributed by atoms with Crippen molar-refractivity contribution in [2.75, 3.05) is 46.4 Å². The SMILES string of the molecule is C.COCC1=C(C(=O)OC[n+]2cccc(C(=O)N(C)C)c2)N2C(=O)[C@@H](NC(=O)/C(=N/OC)c3csc(N)n3)[C@H]2SC1. The van der Waals surface area contributed by atoms with E-state index >= 15 is 0 Å². The highest BCUT2D eigenvalue weighted by molar-refractivity contribution is 8.00. The van der Waals surface area contributed by atoms with Gasteiger partial charge in [-0.15, -0.1) is 23.1 Å². The molecule has 2 aliphatic heterocycles. The number of nitrogens with one attached hydrogen (secondary N) is 1. The fourth-order valence-corrected chi connectivity index (χ4v) is 5.92. The van der Waals surface area contributed by atoms with E-state index in [1.807, 2.05) is 0 Å². The van der Waals surface area contributed by atoms with E-state index in [2.05, 4.69) is 15.5 Å². The Bertz CT molecular complexity index is 1390. The fourth-order valence-electron chi connectivity index (χ4n) is 4.05. The molecule has 0 aliphatic carbocycles. The van der Waals surface area contributed by atoms with Crippen molar-refractivity contribution >= 4 is 57.6 Å². The zero-order valence-corrected chi connectivity index (χ0v) is 23.8. The summed E-state index contributed by atoms with van der Waals surface area (Å²) in [6.07, 6.45) is 3.22. The monoisotopic (exact) mass is 606 g/mol. The number of carbonyl (C=O) groups is 4. The summed E-state index contributed by atoms with van der Waals surface area (Å²) in [5, 5.41) is 7.64. The van der Waals surface area contributed by atoms with Crippen LogP contribution in [-0.2, 0) is 35.4 Å². The Morgan fingerprint density at radius 2 is 2.07 bits per heavy atom. The molecule has 0 radical (unpaired) electrons. The van der Waals surface area contributed by atoms with Gasteiger partial charge in [0.25, 0.3) is 24.5 Å². The Balaban J connectivity index is 0.00000462. The first-order chi connectivity index (χ1) is 19.2. The average Bonchev–Trinajstić information content (AvgIpc) is 3.38. The fraction of sp³-hybridized carbons (Fsp3) is 0.400. The van der Waals surface area contributed by atoms with Crippen LogP contribution in [0.15, 0.2) is 46.3 Å². The van der Waals surface area contributed by atoms with E-state index in [-0.39, 0.29) is 48.9 Å². The van der Waals surface area contributed by atoms with Gasteiger partial charge in [-0.3, -0.25) is 19.3 Å². The van der Waals surface area contributed by atoms with Crippen LogP contribution >= 0.6 is 23.1 Å². The molecule has 2 aromatic heterocycles. The van der Waals surface area contributed by atoms with Gasteiger partial charge in [0.1, 0.15) is 35.5 Å². The minimum absolute atomic E-state index is 0. The molecule has 0 unspecified atom stereocenters. The number of nitrogens with two attached hydrogens (primary N) is 1. The lowest BCUT2D eigenvalue weighted by Gasteiger charge is -2.49. The average molecular weight is 607 g/mol. The number of nitrogens with zero attached hydrogens (tertiary/aromatic N) is 5. The molecule has 2 atom stereocenters. The number of methoxy groups -OCH3 is 1. The first-order valence-corrected chi connectivity index (χ1v) is 13.8. The number of ether oxygens (including phenoxy) is 2. The number of aromatic nitrogens is 2. The number of carbonyl (C=O) groups excluding carboxylic acids is 4. The van der Waals surface area contributed by atoms with E-state index in [0.29, 0.717) is 16.9 Å². The molecule has 220 valence electrons. The Hall–Kier alpha value is -4.02. The van der Waals surface area contributed by atoms with E-state index < -0.39 is 29.2 Å². The molecule has 1 saturated heterocycles. The standard InChI is InChI=1S/C24H27N7O7S2.CH4/c1-29(2)20(33)13-6-5-7-30(8-13)12-38-23(35)18-14(9-36-3)10-39-22-17(21(34)31(18)22)27-19(32)16(28-37-4)15-11-40-24(25)26-15;/h5-8,11,17,22H,9-10,12H2,1-4H3,(H2-,25,26,27,32);1H4/p+1/b28-16+;/t17-,22-;/m1./s1. The van der Waals surface area contributed by atoms with Gasteiger partial charge in [0, 0.05) is 38.4 Å². The Kier molecular flexibility index (Phi) is 10.4. The van der Waals surface area contributed by atoms with Gasteiger partial charge in [0.15, 0.2) is 23.2 Å². The molecule has 4 heterocycles. The van der Waals surface area contributed by atoms with Crippen LogP contribution in [0.1, 0.15) is 23.5 Å². The molecule has 0 spiro atoms. The minimum Gasteiger partial charge on any atom is -0.400 e. The van der Waals surface area contributed by atoms with Gasteiger partial charge in [0.05, 0.1) is 6.61 Å². The van der Waals surface area contributed by atoms with Crippen molar-refractivity contribution in [2.45, 2.75) is 25.6 Å². The van der Waals surface area contributed by atoms with Crippen molar-refractivity contribution in [2.24, 2.45) is 5.16 Å². The second-order valence-corrected chi connectivity index (χ2v) is 10.8. The number of nitrogen functional groups attached to an aromatic ring is 1. The van der Waals surface area contributed by atoms with Gasteiger partial charge in [-0.25, -0.2) is 9.78 Å². The van der Waals surface area contributed by atoms with Crippen LogP contribution in [0.25, 0.3) is 0 Å².